The number of hydrogen-bond donors (Lipinski definition) is 1. The predicted octanol–water partition coefficient (Wildman–Crippen LogP) is 0.0544. The fourth-order valence-corrected chi connectivity index (χ4v) is 3.87. The molecule has 0 saturated carbocycles. The van der Waals surface area contributed by atoms with E-state index in [1.54, 1.807) is 11.0 Å². The van der Waals surface area contributed by atoms with Gasteiger partial charge in [0.15, 0.2) is 6.54 Å². The highest BCUT2D eigenvalue weighted by atomic mass is 32.2. The molecule has 25 heavy (non-hydrogen) atoms. The van der Waals surface area contributed by atoms with Crippen LogP contribution in [0.3, 0.4) is 0 Å². The van der Waals surface area contributed by atoms with E-state index in [1.807, 2.05) is 51.2 Å². The number of piperazine rings is 1. The summed E-state index contributed by atoms with van der Waals surface area (Å²) in [7, 11) is -1.61. The number of hydrogen-bond acceptors (Lipinski definition) is 3. The topological polar surface area (TPSA) is 62.1 Å². The highest BCUT2D eigenvalue weighted by molar-refractivity contribution is 7.92. The fraction of sp³-hybridized carbons (Fsp3) is 0.500. The zero-order valence-corrected chi connectivity index (χ0v) is 16.0. The van der Waals surface area contributed by atoms with Crippen molar-refractivity contribution in [2.45, 2.75) is 19.9 Å². The first-order chi connectivity index (χ1) is 11.8. The second kappa shape index (κ2) is 8.60. The molecule has 0 unspecified atom stereocenters. The summed E-state index contributed by atoms with van der Waals surface area (Å²) in [6.45, 7) is 6.56. The monoisotopic (exact) mass is 366 g/mol. The number of nitrogens with one attached hydrogen (secondary N) is 1. The van der Waals surface area contributed by atoms with Gasteiger partial charge in [0.05, 0.1) is 26.2 Å². The highest BCUT2D eigenvalue weighted by Gasteiger charge is 2.29. The van der Waals surface area contributed by atoms with E-state index in [4.69, 9.17) is 0 Å². The van der Waals surface area contributed by atoms with Gasteiger partial charge in [-0.3, -0.25) is 4.79 Å². The molecule has 0 bridgehead atoms. The Bertz CT molecular complexity index is 694. The molecule has 0 aromatic heterocycles. The Kier molecular flexibility index (Phi) is 6.75. The van der Waals surface area contributed by atoms with Gasteiger partial charge < -0.3 is 9.80 Å². The maximum Gasteiger partial charge on any atom is 0.277 e. The van der Waals surface area contributed by atoms with Gasteiger partial charge in [0.2, 0.25) is 10.0 Å². The number of carbonyl (C=O) groups excluding carboxylic acids is 1. The molecule has 1 aliphatic heterocycles. The van der Waals surface area contributed by atoms with E-state index in [9.17, 15) is 13.2 Å². The molecule has 1 aliphatic rings. The third kappa shape index (κ3) is 5.66. The molecule has 1 N–H and O–H groups in total. The normalized spacial score (nSPS) is 17.3. The third-order valence-corrected chi connectivity index (χ3v) is 6.16. The van der Waals surface area contributed by atoms with E-state index < -0.39 is 10.0 Å². The van der Waals surface area contributed by atoms with Crippen molar-refractivity contribution in [1.29, 1.82) is 0 Å². The summed E-state index contributed by atoms with van der Waals surface area (Å²) in [5, 5.41) is 1.27. The van der Waals surface area contributed by atoms with Crippen LogP contribution in [0.4, 0.5) is 0 Å². The summed E-state index contributed by atoms with van der Waals surface area (Å²) < 4.78 is 26.4. The van der Waals surface area contributed by atoms with Crippen LogP contribution in [0, 0.1) is 0 Å². The van der Waals surface area contributed by atoms with Gasteiger partial charge >= 0.3 is 0 Å². The molecule has 0 atom stereocenters. The molecule has 1 fully saturated rings. The predicted molar refractivity (Wildman–Crippen MR) is 99.4 cm³/mol. The first-order valence-corrected chi connectivity index (χ1v) is 10.1. The smallest absolute Gasteiger partial charge is 0.277 e. The Labute approximate surface area is 150 Å². The van der Waals surface area contributed by atoms with Crippen LogP contribution in [0.1, 0.15) is 19.4 Å². The first-order valence-electron chi connectivity index (χ1n) is 8.62. The number of quaternary nitrogens is 1. The minimum absolute atomic E-state index is 0.102. The van der Waals surface area contributed by atoms with Crippen LogP contribution < -0.4 is 4.90 Å². The number of benzene rings is 1. The molecule has 1 saturated heterocycles. The minimum atomic E-state index is -3.42. The van der Waals surface area contributed by atoms with Crippen molar-refractivity contribution in [2.24, 2.45) is 0 Å². The molecule has 7 heteroatoms. The summed E-state index contributed by atoms with van der Waals surface area (Å²) in [6.07, 6.45) is 1.62. The molecule has 0 spiro atoms. The molecule has 1 aromatic carbocycles. The Morgan fingerprint density at radius 3 is 2.40 bits per heavy atom. The zero-order valence-electron chi connectivity index (χ0n) is 15.2. The van der Waals surface area contributed by atoms with Gasteiger partial charge in [-0.15, -0.1) is 0 Å². The number of nitrogens with zero attached hydrogens (tertiary/aromatic N) is 2. The van der Waals surface area contributed by atoms with Crippen molar-refractivity contribution >= 4 is 22.0 Å². The molecule has 1 aromatic rings. The molecule has 0 radical (unpaired) electrons. The lowest BCUT2D eigenvalue weighted by Gasteiger charge is -2.31. The largest absolute Gasteiger partial charge is 0.338 e. The molecule has 6 nitrogen and oxygen atoms in total. The van der Waals surface area contributed by atoms with Crippen molar-refractivity contribution in [2.75, 3.05) is 39.8 Å². The maximum atomic E-state index is 12.4. The number of amides is 1. The van der Waals surface area contributed by atoms with Gasteiger partial charge in [-0.25, -0.2) is 8.42 Å². The zero-order chi connectivity index (χ0) is 18.4. The van der Waals surface area contributed by atoms with Crippen molar-refractivity contribution in [3.8, 4) is 0 Å². The van der Waals surface area contributed by atoms with E-state index in [0.717, 1.165) is 10.5 Å². The van der Waals surface area contributed by atoms with Crippen molar-refractivity contribution < 1.29 is 18.1 Å². The van der Waals surface area contributed by atoms with E-state index in [2.05, 4.69) is 0 Å². The van der Waals surface area contributed by atoms with Crippen LogP contribution >= 0.6 is 0 Å². The molecular weight excluding hydrogens is 338 g/mol. The summed E-state index contributed by atoms with van der Waals surface area (Å²) in [6, 6.07) is 9.55. The Balaban J connectivity index is 1.88. The number of likely N-dealkylation sites (N-methyl/N-ethyl adjacent to an activating group) is 1. The molecule has 1 amide bonds. The van der Waals surface area contributed by atoms with Crippen LogP contribution in [-0.2, 0) is 14.8 Å². The average molecular weight is 367 g/mol. The van der Waals surface area contributed by atoms with Crippen LogP contribution in [0.15, 0.2) is 35.7 Å². The number of carbonyl (C=O) groups is 1. The van der Waals surface area contributed by atoms with Gasteiger partial charge in [0.25, 0.3) is 5.91 Å². The Morgan fingerprint density at radius 2 is 1.84 bits per heavy atom. The van der Waals surface area contributed by atoms with Crippen molar-refractivity contribution in [3.05, 3.63) is 41.3 Å². The lowest BCUT2D eigenvalue weighted by Crippen LogP contribution is -3.15. The highest BCUT2D eigenvalue weighted by Crippen LogP contribution is 2.08. The number of sulfonamides is 1. The van der Waals surface area contributed by atoms with Gasteiger partial charge in [-0.2, -0.15) is 4.31 Å². The van der Waals surface area contributed by atoms with E-state index >= 15 is 0 Å². The Morgan fingerprint density at radius 1 is 1.24 bits per heavy atom. The van der Waals surface area contributed by atoms with Gasteiger partial charge in [0, 0.05) is 18.5 Å². The summed E-state index contributed by atoms with van der Waals surface area (Å²) >= 11 is 0. The molecule has 2 rings (SSSR count). The summed E-state index contributed by atoms with van der Waals surface area (Å²) in [5.41, 5.74) is 0.859. The van der Waals surface area contributed by atoms with Gasteiger partial charge in [-0.05, 0) is 25.5 Å². The van der Waals surface area contributed by atoms with Crippen molar-refractivity contribution in [3.63, 3.8) is 0 Å². The van der Waals surface area contributed by atoms with Crippen molar-refractivity contribution in [1.82, 2.24) is 9.21 Å². The Hall–Kier alpha value is -1.70. The van der Waals surface area contributed by atoms with E-state index in [1.165, 1.54) is 9.71 Å². The molecule has 1 heterocycles. The molecular formula is C18H28N3O3S+. The summed E-state index contributed by atoms with van der Waals surface area (Å²) in [4.78, 5) is 15.0. The second-order valence-corrected chi connectivity index (χ2v) is 8.50. The standard InChI is InChI=1S/C18H27N3O3S/c1-16(2)19(3)18(22)15-20-10-12-21(13-11-20)25(23,24)14-9-17-7-5-4-6-8-17/h4-9,14,16H,10-13,15H2,1-3H3/p+1/b14-9+. The van der Waals surface area contributed by atoms with E-state index in [-0.39, 0.29) is 11.9 Å². The van der Waals surface area contributed by atoms with Gasteiger partial charge in [-0.1, -0.05) is 30.3 Å². The quantitative estimate of drug-likeness (QED) is 0.774. The number of rotatable bonds is 6. The lowest BCUT2D eigenvalue weighted by molar-refractivity contribution is -0.896. The lowest BCUT2D eigenvalue weighted by atomic mass is 10.2. The van der Waals surface area contributed by atoms with Crippen LogP contribution in [0.25, 0.3) is 6.08 Å². The fourth-order valence-electron chi connectivity index (χ4n) is 2.68. The third-order valence-electron chi connectivity index (χ3n) is 4.59. The van der Waals surface area contributed by atoms with Crippen LogP contribution in [0.5, 0.6) is 0 Å². The minimum Gasteiger partial charge on any atom is -0.338 e. The molecule has 0 aliphatic carbocycles. The SMILES string of the molecule is CC(C)N(C)C(=O)C[NH+]1CCN(S(=O)(=O)/C=C/c2ccccc2)CC1. The van der Waals surface area contributed by atoms with Crippen LogP contribution in [0.2, 0.25) is 0 Å². The second-order valence-electron chi connectivity index (χ2n) is 6.68. The van der Waals surface area contributed by atoms with Crippen LogP contribution in [-0.4, -0.2) is 69.3 Å². The molecule has 138 valence electrons. The summed E-state index contributed by atoms with van der Waals surface area (Å²) in [5.74, 6) is 0.102. The average Bonchev–Trinajstić information content (AvgIpc) is 2.60. The van der Waals surface area contributed by atoms with E-state index in [0.29, 0.717) is 32.7 Å². The first kappa shape index (κ1) is 19.6. The van der Waals surface area contributed by atoms with Gasteiger partial charge in [0.1, 0.15) is 0 Å². The maximum absolute atomic E-state index is 12.4.